The number of rotatable bonds is 1. The Bertz CT molecular complexity index is 461. The van der Waals surface area contributed by atoms with Crippen molar-refractivity contribution >= 4 is 34.2 Å². The lowest BCUT2D eigenvalue weighted by atomic mass is 10.2. The van der Waals surface area contributed by atoms with E-state index in [9.17, 15) is 9.59 Å². The molecule has 0 spiro atoms. The first-order valence-electron chi connectivity index (χ1n) is 4.64. The number of amides is 2. The van der Waals surface area contributed by atoms with Crippen molar-refractivity contribution < 1.29 is 14.3 Å². The van der Waals surface area contributed by atoms with Crippen molar-refractivity contribution in [3.05, 3.63) is 18.2 Å². The number of nitrogens with one attached hydrogen (secondary N) is 2. The first kappa shape index (κ1) is 10.8. The predicted molar refractivity (Wildman–Crippen MR) is 60.0 cm³/mol. The van der Waals surface area contributed by atoms with Gasteiger partial charge in [0.15, 0.2) is 6.10 Å². The number of carbonyl (C=O) groups is 2. The molecule has 0 aromatic heterocycles. The van der Waals surface area contributed by atoms with Crippen LogP contribution in [0.4, 0.5) is 16.2 Å². The zero-order valence-corrected chi connectivity index (χ0v) is 9.17. The van der Waals surface area contributed by atoms with Crippen LogP contribution in [0.2, 0.25) is 0 Å². The molecule has 1 aromatic carbocycles. The highest BCUT2D eigenvalue weighted by Gasteiger charge is 2.23. The summed E-state index contributed by atoms with van der Waals surface area (Å²) in [5.74, 6) is 0.349. The number of fused-ring (bicyclic) bond motifs is 1. The third-order valence-corrected chi connectivity index (χ3v) is 2.25. The predicted octanol–water partition coefficient (Wildman–Crippen LogP) is 2.18. The van der Waals surface area contributed by atoms with Crippen molar-refractivity contribution in [2.75, 3.05) is 10.6 Å². The molecule has 2 rings (SSSR count). The Morgan fingerprint density at radius 1 is 1.56 bits per heavy atom. The molecule has 84 valence electrons. The molecule has 1 aliphatic rings. The van der Waals surface area contributed by atoms with E-state index in [2.05, 4.69) is 10.6 Å². The van der Waals surface area contributed by atoms with Crippen LogP contribution in [0.5, 0.6) is 5.75 Å². The Morgan fingerprint density at radius 2 is 2.31 bits per heavy atom. The Balaban J connectivity index is 2.29. The van der Waals surface area contributed by atoms with E-state index in [1.165, 1.54) is 0 Å². The summed E-state index contributed by atoms with van der Waals surface area (Å²) < 4.78 is 5.35. The van der Waals surface area contributed by atoms with E-state index in [-0.39, 0.29) is 5.91 Å². The normalized spacial score (nSPS) is 18.1. The van der Waals surface area contributed by atoms with E-state index in [0.29, 0.717) is 17.1 Å². The molecule has 0 fully saturated rings. The van der Waals surface area contributed by atoms with Crippen LogP contribution in [0.3, 0.4) is 0 Å². The number of halogens is 1. The van der Waals surface area contributed by atoms with Crippen molar-refractivity contribution in [2.24, 2.45) is 0 Å². The van der Waals surface area contributed by atoms with Crippen molar-refractivity contribution in [3.63, 3.8) is 0 Å². The fourth-order valence-corrected chi connectivity index (χ4v) is 1.51. The maximum Gasteiger partial charge on any atom is 0.318 e. The molecule has 1 heterocycles. The summed E-state index contributed by atoms with van der Waals surface area (Å²) in [5.41, 5.74) is 1.02. The summed E-state index contributed by atoms with van der Waals surface area (Å²) in [6, 6.07) is 4.89. The third kappa shape index (κ3) is 2.09. The first-order chi connectivity index (χ1) is 7.56. The number of carbonyl (C=O) groups excluding carboxylic acids is 2. The van der Waals surface area contributed by atoms with Gasteiger partial charge < -0.3 is 15.4 Å². The molecule has 1 unspecified atom stereocenters. The lowest BCUT2D eigenvalue weighted by molar-refractivity contribution is -0.122. The number of anilines is 2. The average Bonchev–Trinajstić information content (AvgIpc) is 2.19. The van der Waals surface area contributed by atoms with Crippen molar-refractivity contribution in [3.8, 4) is 5.75 Å². The summed E-state index contributed by atoms with van der Waals surface area (Å²) in [7, 11) is 0. The van der Waals surface area contributed by atoms with Gasteiger partial charge in [0.25, 0.3) is 5.91 Å². The van der Waals surface area contributed by atoms with Gasteiger partial charge in [0.1, 0.15) is 5.75 Å². The Hall–Kier alpha value is -1.75. The molecular weight excluding hydrogens is 232 g/mol. The number of ether oxygens (including phenoxy) is 1. The van der Waals surface area contributed by atoms with Crippen molar-refractivity contribution in [1.82, 2.24) is 0 Å². The molecule has 0 saturated heterocycles. The van der Waals surface area contributed by atoms with Gasteiger partial charge >= 0.3 is 5.37 Å². The fraction of sp³-hybridized carbons (Fsp3) is 0.200. The monoisotopic (exact) mass is 240 g/mol. The number of benzene rings is 1. The molecule has 0 bridgehead atoms. The highest BCUT2D eigenvalue weighted by Crippen LogP contribution is 2.32. The van der Waals surface area contributed by atoms with E-state index >= 15 is 0 Å². The summed E-state index contributed by atoms with van der Waals surface area (Å²) >= 11 is 5.18. The first-order valence-corrected chi connectivity index (χ1v) is 5.02. The molecule has 0 saturated carbocycles. The van der Waals surface area contributed by atoms with Crippen LogP contribution in [0, 0.1) is 0 Å². The molecule has 0 aliphatic carbocycles. The maximum absolute atomic E-state index is 11.3. The van der Waals surface area contributed by atoms with Crippen LogP contribution in [0.1, 0.15) is 6.92 Å². The van der Waals surface area contributed by atoms with Crippen LogP contribution >= 0.6 is 11.6 Å². The van der Waals surface area contributed by atoms with Gasteiger partial charge in [-0.2, -0.15) is 0 Å². The van der Waals surface area contributed by atoms with E-state index in [1.54, 1.807) is 25.1 Å². The maximum atomic E-state index is 11.3. The van der Waals surface area contributed by atoms with Gasteiger partial charge in [-0.3, -0.25) is 9.59 Å². The van der Waals surface area contributed by atoms with Gasteiger partial charge in [-0.05, 0) is 36.7 Å². The summed E-state index contributed by atoms with van der Waals surface area (Å²) in [5, 5.41) is 4.38. The van der Waals surface area contributed by atoms with Gasteiger partial charge in [-0.25, -0.2) is 0 Å². The van der Waals surface area contributed by atoms with Crippen LogP contribution in [0.15, 0.2) is 18.2 Å². The second-order valence-electron chi connectivity index (χ2n) is 3.36. The van der Waals surface area contributed by atoms with E-state index in [1.807, 2.05) is 0 Å². The fourth-order valence-electron chi connectivity index (χ4n) is 1.40. The van der Waals surface area contributed by atoms with E-state index in [4.69, 9.17) is 16.3 Å². The lowest BCUT2D eigenvalue weighted by Crippen LogP contribution is -2.34. The molecule has 2 N–H and O–H groups in total. The minimum absolute atomic E-state index is 0.221. The zero-order chi connectivity index (χ0) is 11.7. The minimum atomic E-state index is -0.684. The molecular formula is C10H9ClN2O3. The van der Waals surface area contributed by atoms with Gasteiger partial charge in [-0.15, -0.1) is 0 Å². The topological polar surface area (TPSA) is 67.4 Å². The summed E-state index contributed by atoms with van der Waals surface area (Å²) in [6.45, 7) is 1.66. The number of hydrogen-bond acceptors (Lipinski definition) is 3. The van der Waals surface area contributed by atoms with Crippen LogP contribution in [0.25, 0.3) is 0 Å². The van der Waals surface area contributed by atoms with Crippen LogP contribution in [-0.2, 0) is 4.79 Å². The molecule has 5 nitrogen and oxygen atoms in total. The smallest absolute Gasteiger partial charge is 0.318 e. The highest BCUT2D eigenvalue weighted by molar-refractivity contribution is 6.65. The van der Waals surface area contributed by atoms with Gasteiger partial charge in [-0.1, -0.05) is 0 Å². The van der Waals surface area contributed by atoms with Gasteiger partial charge in [0, 0.05) is 5.69 Å². The highest BCUT2D eigenvalue weighted by atomic mass is 35.5. The Labute approximate surface area is 96.7 Å². The molecule has 16 heavy (non-hydrogen) atoms. The van der Waals surface area contributed by atoms with Crippen molar-refractivity contribution in [2.45, 2.75) is 13.0 Å². The van der Waals surface area contributed by atoms with Crippen LogP contribution < -0.4 is 15.4 Å². The molecule has 1 aliphatic heterocycles. The average molecular weight is 241 g/mol. The molecule has 6 heteroatoms. The quantitative estimate of drug-likeness (QED) is 0.584. The third-order valence-electron chi connectivity index (χ3n) is 2.15. The minimum Gasteiger partial charge on any atom is -0.479 e. The Morgan fingerprint density at radius 3 is 3.00 bits per heavy atom. The van der Waals surface area contributed by atoms with Gasteiger partial charge in [0.05, 0.1) is 5.69 Å². The Kier molecular flexibility index (Phi) is 2.70. The molecule has 1 atom stereocenters. The molecule has 2 amide bonds. The van der Waals surface area contributed by atoms with Crippen LogP contribution in [-0.4, -0.2) is 17.4 Å². The lowest BCUT2D eigenvalue weighted by Gasteiger charge is -2.23. The van der Waals surface area contributed by atoms with E-state index in [0.717, 1.165) is 0 Å². The summed E-state index contributed by atoms with van der Waals surface area (Å²) in [4.78, 5) is 22.0. The second-order valence-corrected chi connectivity index (χ2v) is 3.70. The largest absolute Gasteiger partial charge is 0.479 e. The van der Waals surface area contributed by atoms with Crippen molar-refractivity contribution in [1.29, 1.82) is 0 Å². The summed E-state index contributed by atoms with van der Waals surface area (Å²) in [6.07, 6.45) is -0.513. The molecule has 1 aromatic rings. The van der Waals surface area contributed by atoms with Gasteiger partial charge in [0.2, 0.25) is 0 Å². The SMILES string of the molecule is CC1Oc2ccc(NC(=O)Cl)cc2NC1=O. The number of hydrogen-bond donors (Lipinski definition) is 2. The standard InChI is InChI=1S/C10H9ClN2O3/c1-5-9(14)13-7-4-6(12-10(11)15)2-3-8(7)16-5/h2-5H,1H3,(H,12,15)(H,13,14). The molecule has 0 radical (unpaired) electrons. The second kappa shape index (κ2) is 4.02. The van der Waals surface area contributed by atoms with E-state index < -0.39 is 11.5 Å². The zero-order valence-electron chi connectivity index (χ0n) is 8.41.